The molecule has 1 saturated carbocycles. The second kappa shape index (κ2) is 7.78. The van der Waals surface area contributed by atoms with E-state index in [0.29, 0.717) is 24.0 Å². The van der Waals surface area contributed by atoms with Crippen molar-refractivity contribution in [3.05, 3.63) is 34.1 Å². The molecule has 0 atom stereocenters. The lowest BCUT2D eigenvalue weighted by Gasteiger charge is -2.36. The molecule has 141 valence electrons. The van der Waals surface area contributed by atoms with Crippen molar-refractivity contribution in [2.45, 2.75) is 31.2 Å². The van der Waals surface area contributed by atoms with E-state index in [0.717, 1.165) is 31.5 Å². The number of rotatable bonds is 5. The smallest absolute Gasteiger partial charge is 0.292 e. The summed E-state index contributed by atoms with van der Waals surface area (Å²) in [4.78, 5) is 32.5. The van der Waals surface area contributed by atoms with E-state index in [-0.39, 0.29) is 17.3 Å². The molecule has 5 nitrogen and oxygen atoms in total. The van der Waals surface area contributed by atoms with Gasteiger partial charge in [-0.05, 0) is 53.5 Å². The van der Waals surface area contributed by atoms with Gasteiger partial charge in [-0.25, -0.2) is 4.39 Å². The topological polar surface area (TPSA) is 52.7 Å². The minimum atomic E-state index is -1.91. The number of carbonyl (C=O) groups excluding carboxylic acids is 2. The first-order valence-corrected chi connectivity index (χ1v) is 11.3. The predicted octanol–water partition coefficient (Wildman–Crippen LogP) is 2.63. The van der Waals surface area contributed by atoms with Gasteiger partial charge in [0.25, 0.3) is 8.96 Å². The van der Waals surface area contributed by atoms with Gasteiger partial charge in [0.15, 0.2) is 0 Å². The zero-order chi connectivity index (χ0) is 18.9. The van der Waals surface area contributed by atoms with Gasteiger partial charge in [-0.1, -0.05) is 13.0 Å². The zero-order valence-corrected chi connectivity index (χ0v) is 17.7. The molecule has 2 aliphatic rings. The number of piperazine rings is 1. The molecule has 1 radical (unpaired) electrons. The van der Waals surface area contributed by atoms with Gasteiger partial charge in [-0.3, -0.25) is 9.59 Å². The van der Waals surface area contributed by atoms with Crippen LogP contribution < -0.4 is 4.98 Å². The normalized spacial score (nSPS) is 19.5. The largest absolute Gasteiger partial charge is 0.373 e. The molecule has 0 aromatic heterocycles. The van der Waals surface area contributed by atoms with Crippen LogP contribution in [0.3, 0.4) is 0 Å². The second-order valence-corrected chi connectivity index (χ2v) is 10.3. The fraction of sp³-hybridized carbons (Fsp3) is 0.556. The highest BCUT2D eigenvalue weighted by Crippen LogP contribution is 2.50. The van der Waals surface area contributed by atoms with Gasteiger partial charge in [0.2, 0.25) is 11.4 Å². The Labute approximate surface area is 163 Å². The van der Waals surface area contributed by atoms with Gasteiger partial charge in [-0.15, -0.1) is 0 Å². The van der Waals surface area contributed by atoms with E-state index in [2.05, 4.69) is 25.8 Å². The van der Waals surface area contributed by atoms with E-state index in [1.807, 2.05) is 18.0 Å². The second-order valence-electron chi connectivity index (χ2n) is 7.08. The van der Waals surface area contributed by atoms with Gasteiger partial charge in [-0.2, -0.15) is 0 Å². The Hall–Kier alpha value is -1.25. The van der Waals surface area contributed by atoms with Crippen molar-refractivity contribution >= 4 is 36.3 Å². The molecule has 0 unspecified atom stereocenters. The highest BCUT2D eigenvalue weighted by atomic mass is 79.9. The third-order valence-corrected chi connectivity index (χ3v) is 8.95. The lowest BCUT2D eigenvalue weighted by molar-refractivity contribution is -0.119. The van der Waals surface area contributed by atoms with Gasteiger partial charge >= 0.3 is 0 Å². The standard InChI is InChI=1S/C18H24BrFN3O2Si/c1-3-16(24)21-26(17(25)23-10-8-22(2)9-11-23)18(6-7-18)13-4-5-14(19)15(20)12-13/h4-5,12H,3,6-11H2,1-2H3,(H,21,24). The lowest BCUT2D eigenvalue weighted by Crippen LogP contribution is -2.61. The first kappa shape index (κ1) is 19.5. The van der Waals surface area contributed by atoms with Crippen molar-refractivity contribution in [1.82, 2.24) is 14.8 Å². The highest BCUT2D eigenvalue weighted by Gasteiger charge is 2.57. The maximum atomic E-state index is 14.1. The fourth-order valence-corrected chi connectivity index (χ4v) is 6.44. The quantitative estimate of drug-likeness (QED) is 0.715. The number of hydrogen-bond donors (Lipinski definition) is 1. The molecule has 0 spiro atoms. The Kier molecular flexibility index (Phi) is 5.84. The molecule has 1 aliphatic carbocycles. The Bertz CT molecular complexity index is 706. The number of amides is 2. The van der Waals surface area contributed by atoms with Crippen molar-refractivity contribution < 1.29 is 14.0 Å². The van der Waals surface area contributed by atoms with Crippen LogP contribution >= 0.6 is 15.9 Å². The van der Waals surface area contributed by atoms with Gasteiger partial charge in [0, 0.05) is 37.6 Å². The van der Waals surface area contributed by atoms with Gasteiger partial charge in [0.05, 0.1) is 4.47 Å². The third-order valence-electron chi connectivity index (χ3n) is 5.29. The Balaban J connectivity index is 1.89. The maximum absolute atomic E-state index is 14.1. The average Bonchev–Trinajstić information content (AvgIpc) is 3.43. The molecule has 2 amide bonds. The molecule has 1 saturated heterocycles. The van der Waals surface area contributed by atoms with Crippen LogP contribution in [-0.4, -0.2) is 63.4 Å². The number of nitrogens with zero attached hydrogens (tertiary/aromatic N) is 2. The summed E-state index contributed by atoms with van der Waals surface area (Å²) in [5, 5.41) is -0.405. The first-order valence-electron chi connectivity index (χ1n) is 8.98. The molecule has 1 aromatic carbocycles. The first-order chi connectivity index (χ1) is 12.4. The maximum Gasteiger partial charge on any atom is 0.292 e. The van der Waals surface area contributed by atoms with E-state index in [1.54, 1.807) is 13.0 Å². The average molecular weight is 441 g/mol. The highest BCUT2D eigenvalue weighted by molar-refractivity contribution is 9.10. The summed E-state index contributed by atoms with van der Waals surface area (Å²) in [6, 6.07) is 5.07. The number of carbonyl (C=O) groups is 2. The van der Waals surface area contributed by atoms with Crippen LogP contribution in [0.2, 0.25) is 0 Å². The van der Waals surface area contributed by atoms with E-state index in [1.165, 1.54) is 6.07 Å². The Morgan fingerprint density at radius 2 is 1.92 bits per heavy atom. The van der Waals surface area contributed by atoms with E-state index < -0.39 is 14.0 Å². The van der Waals surface area contributed by atoms with Crippen LogP contribution in [0, 0.1) is 5.82 Å². The van der Waals surface area contributed by atoms with Crippen LogP contribution in [0.5, 0.6) is 0 Å². The summed E-state index contributed by atoms with van der Waals surface area (Å²) in [6.07, 6.45) is 1.96. The molecule has 3 rings (SSSR count). The minimum Gasteiger partial charge on any atom is -0.373 e. The van der Waals surface area contributed by atoms with Crippen LogP contribution in [0.4, 0.5) is 9.18 Å². The molecule has 1 N–H and O–H groups in total. The predicted molar refractivity (Wildman–Crippen MR) is 104 cm³/mol. The molecule has 0 bridgehead atoms. The minimum absolute atomic E-state index is 0.0470. The molecule has 1 aromatic rings. The number of nitrogens with one attached hydrogen (secondary N) is 1. The summed E-state index contributed by atoms with van der Waals surface area (Å²) < 4.78 is 14.5. The van der Waals surface area contributed by atoms with Crippen molar-refractivity contribution in [2.24, 2.45) is 0 Å². The Morgan fingerprint density at radius 1 is 1.27 bits per heavy atom. The van der Waals surface area contributed by atoms with E-state index >= 15 is 0 Å². The number of halogens is 2. The SMILES string of the molecule is CCC(=O)N[Si](C(=O)N1CCN(C)CC1)C1(c2ccc(Br)c(F)c2)CC1. The molecular weight excluding hydrogens is 417 g/mol. The van der Waals surface area contributed by atoms with Crippen LogP contribution in [0.1, 0.15) is 31.7 Å². The van der Waals surface area contributed by atoms with Crippen LogP contribution in [0.25, 0.3) is 0 Å². The van der Waals surface area contributed by atoms with Crippen molar-refractivity contribution in [1.29, 1.82) is 0 Å². The number of benzene rings is 1. The summed E-state index contributed by atoms with van der Waals surface area (Å²) in [7, 11) is 0.132. The van der Waals surface area contributed by atoms with Crippen LogP contribution in [-0.2, 0) is 9.83 Å². The molecule has 26 heavy (non-hydrogen) atoms. The third kappa shape index (κ3) is 3.87. The van der Waals surface area contributed by atoms with E-state index in [4.69, 9.17) is 0 Å². The molecule has 2 fully saturated rings. The summed E-state index contributed by atoms with van der Waals surface area (Å²) >= 11 is 3.19. The summed E-state index contributed by atoms with van der Waals surface area (Å²) in [5.41, 5.74) is 0.872. The fourth-order valence-electron chi connectivity index (χ4n) is 3.38. The summed E-state index contributed by atoms with van der Waals surface area (Å²) in [6.45, 7) is 4.81. The Morgan fingerprint density at radius 3 is 2.46 bits per heavy atom. The number of likely N-dealkylation sites (N-methyl/N-ethyl adjacent to an activating group) is 1. The van der Waals surface area contributed by atoms with Gasteiger partial charge in [0.1, 0.15) is 5.82 Å². The molecule has 1 heterocycles. The molecule has 1 aliphatic heterocycles. The van der Waals surface area contributed by atoms with Crippen molar-refractivity contribution in [2.75, 3.05) is 33.2 Å². The van der Waals surface area contributed by atoms with Crippen molar-refractivity contribution in [3.8, 4) is 0 Å². The zero-order valence-electron chi connectivity index (χ0n) is 15.1. The van der Waals surface area contributed by atoms with Crippen molar-refractivity contribution in [3.63, 3.8) is 0 Å². The molecular formula is C18H24BrFN3O2Si. The van der Waals surface area contributed by atoms with Gasteiger partial charge < -0.3 is 14.8 Å². The number of hydrogen-bond acceptors (Lipinski definition) is 3. The monoisotopic (exact) mass is 440 g/mol. The molecule has 8 heteroatoms. The summed E-state index contributed by atoms with van der Waals surface area (Å²) in [5.74, 6) is -0.436. The van der Waals surface area contributed by atoms with Crippen LogP contribution in [0.15, 0.2) is 22.7 Å². The van der Waals surface area contributed by atoms with E-state index in [9.17, 15) is 14.0 Å². The lowest BCUT2D eigenvalue weighted by atomic mass is 10.1.